The summed E-state index contributed by atoms with van der Waals surface area (Å²) in [5.74, 6) is 0.204. The van der Waals surface area contributed by atoms with Crippen molar-refractivity contribution in [2.24, 2.45) is 0 Å². The number of halogens is 1. The monoisotopic (exact) mass is 352 g/mol. The number of fused-ring (bicyclic) bond motifs is 1. The standard InChI is InChI=1S/C15H13ClN2O4S/c1-9-15(19)17-13-8-11(5-6-14(13)22-9)18-23(20,21)12-4-2-3-10(16)7-12/h2-9,18H,1H3,(H,17,19)/t9-/m0/s1. The molecule has 0 spiro atoms. The van der Waals surface area contributed by atoms with Crippen molar-refractivity contribution in [1.82, 2.24) is 0 Å². The molecule has 1 amide bonds. The quantitative estimate of drug-likeness (QED) is 0.889. The van der Waals surface area contributed by atoms with Crippen molar-refractivity contribution >= 4 is 38.9 Å². The van der Waals surface area contributed by atoms with E-state index in [2.05, 4.69) is 10.0 Å². The molecule has 0 radical (unpaired) electrons. The fourth-order valence-corrected chi connectivity index (χ4v) is 3.47. The molecular formula is C15H13ClN2O4S. The maximum absolute atomic E-state index is 12.3. The van der Waals surface area contributed by atoms with Gasteiger partial charge in [-0.25, -0.2) is 8.42 Å². The van der Waals surface area contributed by atoms with Gasteiger partial charge in [0.2, 0.25) is 0 Å². The second-order valence-electron chi connectivity index (χ2n) is 5.02. The third-order valence-corrected chi connectivity index (χ3v) is 4.88. The molecule has 0 unspecified atom stereocenters. The SMILES string of the molecule is C[C@@H]1Oc2ccc(NS(=O)(=O)c3cccc(Cl)c3)cc2NC1=O. The van der Waals surface area contributed by atoms with Crippen molar-refractivity contribution in [3.05, 3.63) is 47.5 Å². The molecule has 0 bridgehead atoms. The first-order valence-corrected chi connectivity index (χ1v) is 8.61. The minimum Gasteiger partial charge on any atom is -0.479 e. The van der Waals surface area contributed by atoms with Crippen LogP contribution in [-0.2, 0) is 14.8 Å². The van der Waals surface area contributed by atoms with Crippen LogP contribution in [0.15, 0.2) is 47.4 Å². The summed E-state index contributed by atoms with van der Waals surface area (Å²) in [6.07, 6.45) is -0.587. The molecule has 1 heterocycles. The lowest BCUT2D eigenvalue weighted by atomic mass is 10.2. The molecule has 1 aliphatic heterocycles. The molecule has 23 heavy (non-hydrogen) atoms. The molecule has 3 rings (SSSR count). The summed E-state index contributed by atoms with van der Waals surface area (Å²) in [6, 6.07) is 10.6. The first-order valence-electron chi connectivity index (χ1n) is 6.75. The highest BCUT2D eigenvalue weighted by atomic mass is 35.5. The van der Waals surface area contributed by atoms with Crippen molar-refractivity contribution in [2.75, 3.05) is 10.0 Å². The van der Waals surface area contributed by atoms with E-state index in [1.54, 1.807) is 31.2 Å². The number of carbonyl (C=O) groups is 1. The van der Waals surface area contributed by atoms with Gasteiger partial charge in [-0.15, -0.1) is 0 Å². The Morgan fingerprint density at radius 1 is 1.22 bits per heavy atom. The third-order valence-electron chi connectivity index (χ3n) is 3.27. The Balaban J connectivity index is 1.89. The van der Waals surface area contributed by atoms with Crippen LogP contribution >= 0.6 is 11.6 Å². The summed E-state index contributed by atoms with van der Waals surface area (Å²) in [7, 11) is -3.77. The van der Waals surface area contributed by atoms with Gasteiger partial charge in [-0.3, -0.25) is 9.52 Å². The van der Waals surface area contributed by atoms with Crippen LogP contribution in [0, 0.1) is 0 Å². The van der Waals surface area contributed by atoms with Crippen molar-refractivity contribution in [3.8, 4) is 5.75 Å². The molecule has 0 fully saturated rings. The van der Waals surface area contributed by atoms with Gasteiger partial charge < -0.3 is 10.1 Å². The van der Waals surface area contributed by atoms with Crippen molar-refractivity contribution in [2.45, 2.75) is 17.9 Å². The maximum atomic E-state index is 12.3. The van der Waals surface area contributed by atoms with E-state index < -0.39 is 16.1 Å². The zero-order valence-corrected chi connectivity index (χ0v) is 13.6. The van der Waals surface area contributed by atoms with Gasteiger partial charge in [-0.2, -0.15) is 0 Å². The smallest absolute Gasteiger partial charge is 0.265 e. The van der Waals surface area contributed by atoms with Gasteiger partial charge in [0, 0.05) is 5.02 Å². The molecular weight excluding hydrogens is 340 g/mol. The Morgan fingerprint density at radius 2 is 2.00 bits per heavy atom. The van der Waals surface area contributed by atoms with Crippen LogP contribution in [0.25, 0.3) is 0 Å². The van der Waals surface area contributed by atoms with Gasteiger partial charge in [0.25, 0.3) is 15.9 Å². The number of rotatable bonds is 3. The minimum absolute atomic E-state index is 0.0524. The second-order valence-corrected chi connectivity index (χ2v) is 7.14. The zero-order valence-electron chi connectivity index (χ0n) is 12.0. The molecule has 0 saturated heterocycles. The number of hydrogen-bond donors (Lipinski definition) is 2. The molecule has 2 aromatic carbocycles. The number of hydrogen-bond acceptors (Lipinski definition) is 4. The summed E-state index contributed by atoms with van der Waals surface area (Å²) in [5, 5.41) is 2.99. The summed E-state index contributed by atoms with van der Waals surface area (Å²) in [5.41, 5.74) is 0.724. The van der Waals surface area contributed by atoms with E-state index in [4.69, 9.17) is 16.3 Å². The van der Waals surface area contributed by atoms with Crippen molar-refractivity contribution in [1.29, 1.82) is 0 Å². The number of carbonyl (C=O) groups excluding carboxylic acids is 1. The number of ether oxygens (including phenoxy) is 1. The molecule has 1 atom stereocenters. The average molecular weight is 353 g/mol. The fraction of sp³-hybridized carbons (Fsp3) is 0.133. The molecule has 2 aromatic rings. The van der Waals surface area contributed by atoms with Crippen LogP contribution < -0.4 is 14.8 Å². The minimum atomic E-state index is -3.77. The molecule has 2 N–H and O–H groups in total. The highest BCUT2D eigenvalue weighted by Crippen LogP contribution is 2.33. The van der Waals surface area contributed by atoms with Crippen LogP contribution in [0.3, 0.4) is 0 Å². The summed E-state index contributed by atoms with van der Waals surface area (Å²) < 4.78 is 32.6. The topological polar surface area (TPSA) is 84.5 Å². The van der Waals surface area contributed by atoms with Gasteiger partial charge in [0.1, 0.15) is 5.75 Å². The second kappa shape index (κ2) is 5.75. The first-order chi connectivity index (χ1) is 10.8. The van der Waals surface area contributed by atoms with E-state index in [1.165, 1.54) is 18.2 Å². The Kier molecular flexibility index (Phi) is 3.91. The Labute approximate surface area is 138 Å². The predicted molar refractivity (Wildman–Crippen MR) is 87.4 cm³/mol. The lowest BCUT2D eigenvalue weighted by Crippen LogP contribution is -2.34. The third kappa shape index (κ3) is 3.25. The normalized spacial score (nSPS) is 17.0. The molecule has 1 aliphatic rings. The molecule has 6 nitrogen and oxygen atoms in total. The molecule has 0 aliphatic carbocycles. The Hall–Kier alpha value is -2.25. The lowest BCUT2D eigenvalue weighted by molar-refractivity contribution is -0.122. The van der Waals surface area contributed by atoms with Crippen LogP contribution in [-0.4, -0.2) is 20.4 Å². The van der Waals surface area contributed by atoms with Gasteiger partial charge >= 0.3 is 0 Å². The summed E-state index contributed by atoms with van der Waals surface area (Å²) >= 11 is 5.82. The van der Waals surface area contributed by atoms with Crippen LogP contribution in [0.1, 0.15) is 6.92 Å². The average Bonchev–Trinajstić information content (AvgIpc) is 2.48. The van der Waals surface area contributed by atoms with E-state index in [-0.39, 0.29) is 10.8 Å². The van der Waals surface area contributed by atoms with Crippen LogP contribution in [0.5, 0.6) is 5.75 Å². The van der Waals surface area contributed by atoms with Gasteiger partial charge in [0.15, 0.2) is 6.10 Å². The van der Waals surface area contributed by atoms with E-state index in [9.17, 15) is 13.2 Å². The van der Waals surface area contributed by atoms with Gasteiger partial charge in [-0.1, -0.05) is 17.7 Å². The van der Waals surface area contributed by atoms with E-state index in [0.717, 1.165) is 0 Å². The van der Waals surface area contributed by atoms with Gasteiger partial charge in [0.05, 0.1) is 16.3 Å². The van der Waals surface area contributed by atoms with Crippen molar-refractivity contribution < 1.29 is 17.9 Å². The first kappa shape index (κ1) is 15.6. The number of amides is 1. The van der Waals surface area contributed by atoms with E-state index in [1.807, 2.05) is 0 Å². The largest absolute Gasteiger partial charge is 0.479 e. The summed E-state index contributed by atoms with van der Waals surface area (Å²) in [6.45, 7) is 1.63. The molecule has 8 heteroatoms. The number of benzene rings is 2. The fourth-order valence-electron chi connectivity index (χ4n) is 2.12. The number of anilines is 2. The predicted octanol–water partition coefficient (Wildman–Crippen LogP) is 2.86. The van der Waals surface area contributed by atoms with Gasteiger partial charge in [-0.05, 0) is 43.3 Å². The number of nitrogens with one attached hydrogen (secondary N) is 2. The lowest BCUT2D eigenvalue weighted by Gasteiger charge is -2.23. The highest BCUT2D eigenvalue weighted by Gasteiger charge is 2.24. The van der Waals surface area contributed by atoms with Crippen molar-refractivity contribution in [3.63, 3.8) is 0 Å². The Morgan fingerprint density at radius 3 is 2.74 bits per heavy atom. The summed E-state index contributed by atoms with van der Waals surface area (Å²) in [4.78, 5) is 11.7. The Bertz CT molecular complexity index is 883. The zero-order chi connectivity index (χ0) is 16.6. The highest BCUT2D eigenvalue weighted by molar-refractivity contribution is 7.92. The maximum Gasteiger partial charge on any atom is 0.265 e. The van der Waals surface area contributed by atoms with Crippen LogP contribution in [0.4, 0.5) is 11.4 Å². The molecule has 0 aromatic heterocycles. The molecule has 0 saturated carbocycles. The molecule has 120 valence electrons. The van der Waals surface area contributed by atoms with Crippen LogP contribution in [0.2, 0.25) is 5.02 Å². The van der Waals surface area contributed by atoms with E-state index in [0.29, 0.717) is 22.1 Å². The van der Waals surface area contributed by atoms with E-state index >= 15 is 0 Å². The number of sulfonamides is 1.